The van der Waals surface area contributed by atoms with Crippen molar-refractivity contribution in [2.24, 2.45) is 5.41 Å². The standard InChI is InChI=1S/C28H22N2O3S/c1-28(13-21-17-6-2-4-8-19(17)25(28)20-9-5-3-7-18(20)21)26(31)30-27-29-22(14-34-27)16-10-11-23-24(12-16)33-15-32-23/h2-12,14,21,25H,13,15H2,1H3,(H,29,30,31). The summed E-state index contributed by atoms with van der Waals surface area (Å²) in [6, 6.07) is 23.0. The number of ether oxygens (including phenoxy) is 2. The molecule has 0 fully saturated rings. The first kappa shape index (κ1) is 19.8. The highest BCUT2D eigenvalue weighted by molar-refractivity contribution is 7.14. The number of aromatic nitrogens is 1. The van der Waals surface area contributed by atoms with E-state index in [-0.39, 0.29) is 24.5 Å². The Morgan fingerprint density at radius 2 is 1.65 bits per heavy atom. The number of amides is 1. The molecule has 2 heterocycles. The van der Waals surface area contributed by atoms with Gasteiger partial charge in [-0.3, -0.25) is 4.79 Å². The molecular weight excluding hydrogens is 444 g/mol. The number of hydrogen-bond donors (Lipinski definition) is 1. The highest BCUT2D eigenvalue weighted by atomic mass is 32.1. The van der Waals surface area contributed by atoms with Crippen LogP contribution in [-0.2, 0) is 4.79 Å². The first-order valence-electron chi connectivity index (χ1n) is 11.5. The van der Waals surface area contributed by atoms with Gasteiger partial charge in [0.25, 0.3) is 0 Å². The molecule has 8 rings (SSSR count). The molecule has 2 bridgehead atoms. The van der Waals surface area contributed by atoms with Crippen LogP contribution in [0.15, 0.2) is 72.1 Å². The lowest BCUT2D eigenvalue weighted by molar-refractivity contribution is -0.126. The summed E-state index contributed by atoms with van der Waals surface area (Å²) in [6.07, 6.45) is 0.790. The quantitative estimate of drug-likeness (QED) is 0.393. The molecule has 0 saturated carbocycles. The summed E-state index contributed by atoms with van der Waals surface area (Å²) in [5, 5.41) is 5.73. The zero-order valence-electron chi connectivity index (χ0n) is 18.6. The molecule has 5 nitrogen and oxygen atoms in total. The fourth-order valence-electron chi connectivity index (χ4n) is 5.95. The van der Waals surface area contributed by atoms with E-state index in [4.69, 9.17) is 14.5 Å². The Morgan fingerprint density at radius 3 is 2.38 bits per heavy atom. The van der Waals surface area contributed by atoms with Crippen LogP contribution in [0.25, 0.3) is 11.3 Å². The Balaban J connectivity index is 1.21. The number of rotatable bonds is 3. The zero-order chi connectivity index (χ0) is 22.9. The predicted molar refractivity (Wildman–Crippen MR) is 132 cm³/mol. The van der Waals surface area contributed by atoms with Crippen LogP contribution in [0.3, 0.4) is 0 Å². The first-order chi connectivity index (χ1) is 16.6. The lowest BCUT2D eigenvalue weighted by atomic mass is 9.52. The highest BCUT2D eigenvalue weighted by Gasteiger charge is 2.53. The monoisotopic (exact) mass is 466 g/mol. The van der Waals surface area contributed by atoms with Crippen LogP contribution in [0, 0.1) is 5.41 Å². The molecule has 4 aromatic rings. The molecule has 168 valence electrons. The summed E-state index contributed by atoms with van der Waals surface area (Å²) < 4.78 is 10.9. The van der Waals surface area contributed by atoms with Gasteiger partial charge < -0.3 is 14.8 Å². The van der Waals surface area contributed by atoms with Crippen LogP contribution < -0.4 is 14.8 Å². The van der Waals surface area contributed by atoms with Gasteiger partial charge in [0, 0.05) is 22.8 Å². The van der Waals surface area contributed by atoms with Gasteiger partial charge in [0.15, 0.2) is 16.6 Å². The summed E-state index contributed by atoms with van der Waals surface area (Å²) in [7, 11) is 0. The van der Waals surface area contributed by atoms with E-state index >= 15 is 0 Å². The number of anilines is 1. The second-order valence-corrected chi connectivity index (χ2v) is 10.3. The maximum absolute atomic E-state index is 13.8. The van der Waals surface area contributed by atoms with Gasteiger partial charge in [-0.2, -0.15) is 0 Å². The molecule has 1 atom stereocenters. The number of nitrogens with one attached hydrogen (secondary N) is 1. The molecule has 3 aliphatic carbocycles. The molecule has 34 heavy (non-hydrogen) atoms. The van der Waals surface area contributed by atoms with Crippen molar-refractivity contribution in [3.05, 3.63) is 94.4 Å². The molecule has 0 spiro atoms. The van der Waals surface area contributed by atoms with Crippen LogP contribution in [0.5, 0.6) is 11.5 Å². The number of benzene rings is 3. The van der Waals surface area contributed by atoms with Gasteiger partial charge in [-0.1, -0.05) is 48.5 Å². The fourth-order valence-corrected chi connectivity index (χ4v) is 6.66. The number of nitrogens with zero attached hydrogens (tertiary/aromatic N) is 1. The smallest absolute Gasteiger partial charge is 0.233 e. The van der Waals surface area contributed by atoms with Gasteiger partial charge >= 0.3 is 0 Å². The molecule has 1 unspecified atom stereocenters. The van der Waals surface area contributed by atoms with E-state index in [2.05, 4.69) is 60.8 Å². The number of carbonyl (C=O) groups excluding carboxylic acids is 1. The van der Waals surface area contributed by atoms with Gasteiger partial charge in [0.2, 0.25) is 12.7 Å². The third-order valence-corrected chi connectivity index (χ3v) is 8.30. The second kappa shape index (κ2) is 7.18. The van der Waals surface area contributed by atoms with E-state index in [9.17, 15) is 4.79 Å². The Kier molecular flexibility index (Phi) is 4.18. The van der Waals surface area contributed by atoms with Crippen molar-refractivity contribution in [3.8, 4) is 22.8 Å². The highest BCUT2D eigenvalue weighted by Crippen LogP contribution is 2.61. The number of carbonyl (C=O) groups is 1. The van der Waals surface area contributed by atoms with E-state index in [0.717, 1.165) is 29.2 Å². The molecule has 1 amide bonds. The molecule has 0 radical (unpaired) electrons. The summed E-state index contributed by atoms with van der Waals surface area (Å²) in [5.74, 6) is 1.75. The largest absolute Gasteiger partial charge is 0.454 e. The van der Waals surface area contributed by atoms with Gasteiger partial charge in [0.1, 0.15) is 0 Å². The summed E-state index contributed by atoms with van der Waals surface area (Å²) >= 11 is 1.44. The lowest BCUT2D eigenvalue weighted by Crippen LogP contribution is -2.47. The number of hydrogen-bond acceptors (Lipinski definition) is 5. The van der Waals surface area contributed by atoms with E-state index in [1.807, 2.05) is 23.6 Å². The van der Waals surface area contributed by atoms with Crippen LogP contribution in [0.4, 0.5) is 5.13 Å². The maximum Gasteiger partial charge on any atom is 0.233 e. The van der Waals surface area contributed by atoms with E-state index in [1.54, 1.807) is 0 Å². The van der Waals surface area contributed by atoms with Crippen molar-refractivity contribution in [1.29, 1.82) is 0 Å². The minimum Gasteiger partial charge on any atom is -0.454 e. The molecule has 4 aliphatic rings. The number of fused-ring (bicyclic) bond motifs is 2. The van der Waals surface area contributed by atoms with Gasteiger partial charge in [-0.25, -0.2) is 4.98 Å². The van der Waals surface area contributed by atoms with E-state index in [1.165, 1.54) is 33.6 Å². The third-order valence-electron chi connectivity index (χ3n) is 7.54. The van der Waals surface area contributed by atoms with Crippen molar-refractivity contribution >= 4 is 22.4 Å². The molecule has 1 aliphatic heterocycles. The van der Waals surface area contributed by atoms with Crippen LogP contribution in [0.2, 0.25) is 0 Å². The van der Waals surface area contributed by atoms with Crippen molar-refractivity contribution in [2.75, 3.05) is 12.1 Å². The molecule has 6 heteroatoms. The Hall–Kier alpha value is -3.64. The Morgan fingerprint density at radius 1 is 0.971 bits per heavy atom. The minimum absolute atomic E-state index is 0.0260. The SMILES string of the molecule is CC1(C(=O)Nc2nc(-c3ccc4c(c3)OCO4)cs2)CC2c3ccccc3C1c1ccccc12. The summed E-state index contributed by atoms with van der Waals surface area (Å²) in [5.41, 5.74) is 6.45. The van der Waals surface area contributed by atoms with Crippen molar-refractivity contribution < 1.29 is 14.3 Å². The average molecular weight is 467 g/mol. The van der Waals surface area contributed by atoms with E-state index in [0.29, 0.717) is 5.13 Å². The molecule has 0 saturated heterocycles. The predicted octanol–water partition coefficient (Wildman–Crippen LogP) is 6.16. The van der Waals surface area contributed by atoms with Gasteiger partial charge in [-0.05, 0) is 53.8 Å². The van der Waals surface area contributed by atoms with Gasteiger partial charge in [0.05, 0.1) is 11.1 Å². The van der Waals surface area contributed by atoms with Gasteiger partial charge in [-0.15, -0.1) is 11.3 Å². The normalized spacial score (nSPS) is 23.3. The molecule has 1 N–H and O–H groups in total. The van der Waals surface area contributed by atoms with E-state index < -0.39 is 5.41 Å². The Bertz CT molecular complexity index is 1410. The fraction of sp³-hybridized carbons (Fsp3) is 0.214. The number of thiazole rings is 1. The summed E-state index contributed by atoms with van der Waals surface area (Å²) in [4.78, 5) is 18.5. The average Bonchev–Trinajstić information content (AvgIpc) is 3.53. The molecule has 3 aromatic carbocycles. The van der Waals surface area contributed by atoms with Crippen LogP contribution in [0.1, 0.15) is 47.4 Å². The molecular formula is C28H22N2O3S. The first-order valence-corrected chi connectivity index (χ1v) is 12.3. The lowest BCUT2D eigenvalue weighted by Gasteiger charge is -2.50. The van der Waals surface area contributed by atoms with Crippen molar-refractivity contribution in [1.82, 2.24) is 4.98 Å². The van der Waals surface area contributed by atoms with Crippen molar-refractivity contribution in [2.45, 2.75) is 25.2 Å². The van der Waals surface area contributed by atoms with Crippen LogP contribution in [-0.4, -0.2) is 17.7 Å². The van der Waals surface area contributed by atoms with Crippen LogP contribution >= 0.6 is 11.3 Å². The zero-order valence-corrected chi connectivity index (χ0v) is 19.4. The van der Waals surface area contributed by atoms with Crippen molar-refractivity contribution in [3.63, 3.8) is 0 Å². The maximum atomic E-state index is 13.8. The summed E-state index contributed by atoms with van der Waals surface area (Å²) in [6.45, 7) is 2.35. The minimum atomic E-state index is -0.558. The third kappa shape index (κ3) is 2.78. The molecule has 1 aromatic heterocycles. The second-order valence-electron chi connectivity index (χ2n) is 9.43. The Labute approximate surface area is 201 Å². The topological polar surface area (TPSA) is 60.5 Å².